The Morgan fingerprint density at radius 2 is 1.81 bits per heavy atom. The lowest BCUT2D eigenvalue weighted by Gasteiger charge is -2.24. The Kier molecular flexibility index (Phi) is 6.76. The molecule has 31 heavy (non-hydrogen) atoms. The van der Waals surface area contributed by atoms with Gasteiger partial charge in [-0.3, -0.25) is 4.79 Å². The second kappa shape index (κ2) is 9.87. The Labute approximate surface area is 186 Å². The summed E-state index contributed by atoms with van der Waals surface area (Å²) in [6.45, 7) is 1.78. The van der Waals surface area contributed by atoms with Gasteiger partial charge in [-0.05, 0) is 29.8 Å². The summed E-state index contributed by atoms with van der Waals surface area (Å²) < 4.78 is 6.02. The van der Waals surface area contributed by atoms with Gasteiger partial charge in [0.1, 0.15) is 6.04 Å². The summed E-state index contributed by atoms with van der Waals surface area (Å²) in [5.74, 6) is 2.35. The highest BCUT2D eigenvalue weighted by Gasteiger charge is 2.24. The van der Waals surface area contributed by atoms with Crippen molar-refractivity contribution in [2.24, 2.45) is 0 Å². The highest BCUT2D eigenvalue weighted by atomic mass is 32.2. The monoisotopic (exact) mass is 437 g/mol. The molecule has 1 aromatic heterocycles. The summed E-state index contributed by atoms with van der Waals surface area (Å²) in [6.07, 6.45) is 0.569. The van der Waals surface area contributed by atoms with E-state index < -0.39 is 6.04 Å². The third-order valence-electron chi connectivity index (χ3n) is 5.24. The second-order valence-corrected chi connectivity index (χ2v) is 8.90. The Morgan fingerprint density at radius 3 is 2.48 bits per heavy atom. The van der Waals surface area contributed by atoms with Crippen LogP contribution in [0.4, 0.5) is 11.7 Å². The molecule has 1 aliphatic heterocycles. The zero-order chi connectivity index (χ0) is 21.6. The van der Waals surface area contributed by atoms with Crippen LogP contribution in [-0.2, 0) is 6.42 Å². The normalized spacial score (nSPS) is 14.8. The molecule has 0 radical (unpaired) electrons. The molecule has 4 rings (SSSR count). The van der Waals surface area contributed by atoms with E-state index in [4.69, 9.17) is 4.42 Å². The first-order chi connectivity index (χ1) is 15.1. The number of benzene rings is 2. The minimum atomic E-state index is -0.413. The van der Waals surface area contributed by atoms with E-state index in [-0.39, 0.29) is 5.91 Å². The number of carbonyl (C=O) groups is 1. The number of nitrogens with zero attached hydrogens (tertiary/aromatic N) is 4. The van der Waals surface area contributed by atoms with Crippen LogP contribution in [0.5, 0.6) is 0 Å². The van der Waals surface area contributed by atoms with Crippen molar-refractivity contribution in [3.63, 3.8) is 0 Å². The predicted molar refractivity (Wildman–Crippen MR) is 125 cm³/mol. The summed E-state index contributed by atoms with van der Waals surface area (Å²) >= 11 is 1.93. The third-order valence-corrected chi connectivity index (χ3v) is 6.19. The van der Waals surface area contributed by atoms with E-state index in [2.05, 4.69) is 20.4 Å². The molecule has 2 aromatic carbocycles. The average molecular weight is 438 g/mol. The fourth-order valence-corrected chi connectivity index (χ4v) is 4.36. The lowest BCUT2D eigenvalue weighted by Crippen LogP contribution is -2.32. The van der Waals surface area contributed by atoms with E-state index >= 15 is 0 Å². The van der Waals surface area contributed by atoms with Crippen LogP contribution in [0.1, 0.15) is 27.9 Å². The number of rotatable bonds is 7. The van der Waals surface area contributed by atoms with Gasteiger partial charge in [-0.15, -0.1) is 5.10 Å². The van der Waals surface area contributed by atoms with Crippen molar-refractivity contribution < 1.29 is 9.21 Å². The van der Waals surface area contributed by atoms with Crippen LogP contribution in [0, 0.1) is 0 Å². The number of hydrogen-bond donors (Lipinski definition) is 1. The van der Waals surface area contributed by atoms with Gasteiger partial charge in [-0.1, -0.05) is 35.4 Å². The largest absolute Gasteiger partial charge is 0.406 e. The molecule has 0 saturated carbocycles. The smallest absolute Gasteiger partial charge is 0.318 e. The van der Waals surface area contributed by atoms with Crippen molar-refractivity contribution in [1.82, 2.24) is 15.5 Å². The average Bonchev–Trinajstić information content (AvgIpc) is 3.30. The zero-order valence-electron chi connectivity index (χ0n) is 17.8. The van der Waals surface area contributed by atoms with Crippen molar-refractivity contribution in [2.45, 2.75) is 12.5 Å². The fraction of sp³-hybridized carbons (Fsp3) is 0.348. The molecule has 8 heteroatoms. The van der Waals surface area contributed by atoms with Gasteiger partial charge in [0.25, 0.3) is 5.91 Å². The lowest BCUT2D eigenvalue weighted by atomic mass is 10.1. The van der Waals surface area contributed by atoms with Crippen molar-refractivity contribution >= 4 is 29.4 Å². The van der Waals surface area contributed by atoms with E-state index in [1.165, 1.54) is 0 Å². The molecule has 162 valence electrons. The number of aromatic nitrogens is 2. The molecular formula is C23H27N5O2S. The standard InChI is InChI=1S/C23H27N5O2S/c1-27(2)19-10-8-18(9-11-19)21(29)24-20(16-17-6-4-3-5-7-17)22-25-26-23(30-22)28-12-14-31-15-13-28/h3-11,20H,12-16H2,1-2H3,(H,24,29). The topological polar surface area (TPSA) is 74.5 Å². The number of thioether (sulfide) groups is 1. The molecule has 2 heterocycles. The molecule has 1 saturated heterocycles. The molecule has 3 aromatic rings. The maximum Gasteiger partial charge on any atom is 0.318 e. The van der Waals surface area contributed by atoms with E-state index in [0.29, 0.717) is 23.9 Å². The summed E-state index contributed by atoms with van der Waals surface area (Å²) in [5.41, 5.74) is 2.72. The number of nitrogens with one attached hydrogen (secondary N) is 1. The number of amides is 1. The number of carbonyl (C=O) groups excluding carboxylic acids is 1. The van der Waals surface area contributed by atoms with E-state index in [9.17, 15) is 4.79 Å². The van der Waals surface area contributed by atoms with Gasteiger partial charge in [0.05, 0.1) is 0 Å². The van der Waals surface area contributed by atoms with Gasteiger partial charge >= 0.3 is 6.01 Å². The maximum absolute atomic E-state index is 13.0. The van der Waals surface area contributed by atoms with Crippen LogP contribution in [0.15, 0.2) is 59.0 Å². The van der Waals surface area contributed by atoms with E-state index in [0.717, 1.165) is 35.8 Å². The molecule has 1 unspecified atom stereocenters. The Balaban J connectivity index is 1.54. The molecule has 0 bridgehead atoms. The highest BCUT2D eigenvalue weighted by Crippen LogP contribution is 2.24. The molecule has 1 amide bonds. The minimum Gasteiger partial charge on any atom is -0.406 e. The predicted octanol–water partition coefficient (Wildman–Crippen LogP) is 3.40. The van der Waals surface area contributed by atoms with Crippen LogP contribution in [0.3, 0.4) is 0 Å². The van der Waals surface area contributed by atoms with Gasteiger partial charge in [0.2, 0.25) is 5.89 Å². The first kappa shape index (κ1) is 21.2. The highest BCUT2D eigenvalue weighted by molar-refractivity contribution is 7.99. The van der Waals surface area contributed by atoms with E-state index in [1.807, 2.05) is 85.4 Å². The van der Waals surface area contributed by atoms with Crippen molar-refractivity contribution in [3.8, 4) is 0 Å². The minimum absolute atomic E-state index is 0.166. The van der Waals surface area contributed by atoms with Crippen molar-refractivity contribution in [1.29, 1.82) is 0 Å². The first-order valence-corrected chi connectivity index (χ1v) is 11.5. The fourth-order valence-electron chi connectivity index (χ4n) is 3.45. The van der Waals surface area contributed by atoms with Crippen LogP contribution < -0.4 is 15.1 Å². The molecule has 7 nitrogen and oxygen atoms in total. The Bertz CT molecular complexity index is 985. The third kappa shape index (κ3) is 5.38. The molecule has 1 fully saturated rings. The Hall–Kier alpha value is -3.00. The van der Waals surface area contributed by atoms with Crippen molar-refractivity contribution in [2.75, 3.05) is 48.5 Å². The van der Waals surface area contributed by atoms with Gasteiger partial charge in [0, 0.05) is 56.4 Å². The maximum atomic E-state index is 13.0. The van der Waals surface area contributed by atoms with Crippen LogP contribution in [-0.4, -0.2) is 54.8 Å². The zero-order valence-corrected chi connectivity index (χ0v) is 18.6. The summed E-state index contributed by atoms with van der Waals surface area (Å²) in [5, 5.41) is 11.6. The SMILES string of the molecule is CN(C)c1ccc(C(=O)NC(Cc2ccccc2)c2nnc(N3CCSCC3)o2)cc1. The van der Waals surface area contributed by atoms with E-state index in [1.54, 1.807) is 0 Å². The molecule has 1 N–H and O–H groups in total. The van der Waals surface area contributed by atoms with Gasteiger partial charge in [-0.25, -0.2) is 0 Å². The molecular weight excluding hydrogens is 410 g/mol. The first-order valence-electron chi connectivity index (χ1n) is 10.4. The van der Waals surface area contributed by atoms with Crippen LogP contribution in [0.25, 0.3) is 0 Å². The molecule has 1 atom stereocenters. The van der Waals surface area contributed by atoms with Gasteiger partial charge < -0.3 is 19.5 Å². The number of anilines is 2. The van der Waals surface area contributed by atoms with Crippen molar-refractivity contribution in [3.05, 3.63) is 71.6 Å². The molecule has 0 aliphatic carbocycles. The molecule has 0 spiro atoms. The van der Waals surface area contributed by atoms with Crippen LogP contribution in [0.2, 0.25) is 0 Å². The van der Waals surface area contributed by atoms with Crippen LogP contribution >= 0.6 is 11.8 Å². The van der Waals surface area contributed by atoms with Gasteiger partial charge in [0.15, 0.2) is 0 Å². The summed E-state index contributed by atoms with van der Waals surface area (Å²) in [7, 11) is 3.94. The summed E-state index contributed by atoms with van der Waals surface area (Å²) in [4.78, 5) is 17.1. The quantitative estimate of drug-likeness (QED) is 0.607. The lowest BCUT2D eigenvalue weighted by molar-refractivity contribution is 0.0930. The summed E-state index contributed by atoms with van der Waals surface area (Å²) in [6, 6.07) is 17.6. The van der Waals surface area contributed by atoms with Gasteiger partial charge in [-0.2, -0.15) is 11.8 Å². The number of hydrogen-bond acceptors (Lipinski definition) is 7. The Morgan fingerprint density at radius 1 is 1.10 bits per heavy atom. The second-order valence-electron chi connectivity index (χ2n) is 7.68. The molecule has 1 aliphatic rings.